The summed E-state index contributed by atoms with van der Waals surface area (Å²) in [6.07, 6.45) is 6.70. The second-order valence-corrected chi connectivity index (χ2v) is 15.5. The van der Waals surface area contributed by atoms with E-state index in [1.807, 2.05) is 12.4 Å². The Hall–Kier alpha value is -2.62. The van der Waals surface area contributed by atoms with Gasteiger partial charge in [0.2, 0.25) is 0 Å². The van der Waals surface area contributed by atoms with E-state index in [1.54, 1.807) is 0 Å². The van der Waals surface area contributed by atoms with E-state index in [1.165, 1.54) is 11.1 Å². The van der Waals surface area contributed by atoms with Crippen molar-refractivity contribution in [1.29, 1.82) is 0 Å². The fraction of sp³-hybridized carbons (Fsp3) is 0.600. The highest BCUT2D eigenvalue weighted by Crippen LogP contribution is 2.39. The minimum atomic E-state index is -0.177. The van der Waals surface area contributed by atoms with Crippen LogP contribution in [0, 0.1) is 0 Å². The van der Waals surface area contributed by atoms with Crippen LogP contribution >= 0.6 is 0 Å². The summed E-state index contributed by atoms with van der Waals surface area (Å²) in [5.74, 6) is 0.631. The molecule has 1 fully saturated rings. The molecule has 0 saturated heterocycles. The van der Waals surface area contributed by atoms with Crippen LogP contribution in [0.2, 0.25) is 0 Å². The number of benzene rings is 2. The minimum absolute atomic E-state index is 0.0357. The Morgan fingerprint density at radius 2 is 0.897 bits per heavy atom. The van der Waals surface area contributed by atoms with E-state index in [2.05, 4.69) is 107 Å². The van der Waals surface area contributed by atoms with Crippen LogP contribution in [0.1, 0.15) is 136 Å². The molecule has 0 aliphatic heterocycles. The van der Waals surface area contributed by atoms with Crippen molar-refractivity contribution in [3.8, 4) is 11.5 Å². The Kier molecular flexibility index (Phi) is 8.52. The van der Waals surface area contributed by atoms with Crippen molar-refractivity contribution in [2.75, 3.05) is 0 Å². The van der Waals surface area contributed by atoms with Gasteiger partial charge in [-0.2, -0.15) is 0 Å². The van der Waals surface area contributed by atoms with Crippen molar-refractivity contribution in [3.63, 3.8) is 0 Å². The number of phenolic OH excluding ortho intramolecular Hbond substituents is 2. The van der Waals surface area contributed by atoms with Crippen molar-refractivity contribution in [2.24, 2.45) is 9.98 Å². The van der Waals surface area contributed by atoms with Crippen LogP contribution in [0.25, 0.3) is 0 Å². The Morgan fingerprint density at radius 3 is 1.18 bits per heavy atom. The number of phenols is 2. The Labute approximate surface area is 237 Å². The second kappa shape index (κ2) is 10.7. The van der Waals surface area contributed by atoms with Gasteiger partial charge in [0.1, 0.15) is 11.5 Å². The number of nitrogens with zero attached hydrogens (tertiary/aromatic N) is 2. The van der Waals surface area contributed by atoms with Crippen LogP contribution in [0.15, 0.2) is 34.3 Å². The smallest absolute Gasteiger partial charge is 0.128 e. The maximum absolute atomic E-state index is 11.2. The predicted molar refractivity (Wildman–Crippen MR) is 168 cm³/mol. The maximum Gasteiger partial charge on any atom is 0.128 e. The molecule has 0 amide bonds. The predicted octanol–water partition coefficient (Wildman–Crippen LogP) is 8.75. The lowest BCUT2D eigenvalue weighted by atomic mass is 9.79. The van der Waals surface area contributed by atoms with E-state index in [9.17, 15) is 10.2 Å². The third-order valence-electron chi connectivity index (χ3n) is 7.88. The summed E-state index contributed by atoms with van der Waals surface area (Å²) >= 11 is 0. The van der Waals surface area contributed by atoms with Gasteiger partial charge in [-0.15, -0.1) is 0 Å². The van der Waals surface area contributed by atoms with Crippen molar-refractivity contribution in [2.45, 2.75) is 136 Å². The Balaban J connectivity index is 1.96. The monoisotopic (exact) mass is 532 g/mol. The summed E-state index contributed by atoms with van der Waals surface area (Å²) in [6, 6.07) is 8.52. The van der Waals surface area contributed by atoms with Crippen LogP contribution in [0.5, 0.6) is 11.5 Å². The first-order valence-corrected chi connectivity index (χ1v) is 14.5. The van der Waals surface area contributed by atoms with Crippen LogP contribution in [0.4, 0.5) is 0 Å². The van der Waals surface area contributed by atoms with Gasteiger partial charge in [-0.25, -0.2) is 0 Å². The van der Waals surface area contributed by atoms with Gasteiger partial charge in [0.15, 0.2) is 0 Å². The summed E-state index contributed by atoms with van der Waals surface area (Å²) in [5, 5.41) is 22.3. The van der Waals surface area contributed by atoms with E-state index in [-0.39, 0.29) is 33.7 Å². The largest absolute Gasteiger partial charge is 0.507 e. The van der Waals surface area contributed by atoms with Gasteiger partial charge in [-0.1, -0.05) is 95.2 Å². The molecule has 0 bridgehead atoms. The third kappa shape index (κ3) is 7.32. The summed E-state index contributed by atoms with van der Waals surface area (Å²) in [7, 11) is 0. The number of aromatic hydroxyl groups is 2. The molecule has 214 valence electrons. The first-order chi connectivity index (χ1) is 17.7. The van der Waals surface area contributed by atoms with Crippen LogP contribution in [-0.4, -0.2) is 34.7 Å². The fourth-order valence-electron chi connectivity index (χ4n) is 5.14. The summed E-state index contributed by atoms with van der Waals surface area (Å²) in [6.45, 7) is 26.0. The molecule has 2 atom stereocenters. The average Bonchev–Trinajstić information content (AvgIpc) is 3.21. The zero-order chi connectivity index (χ0) is 29.6. The van der Waals surface area contributed by atoms with Crippen molar-refractivity contribution in [3.05, 3.63) is 57.6 Å². The highest BCUT2D eigenvalue weighted by atomic mass is 16.3. The molecule has 4 nitrogen and oxygen atoms in total. The maximum atomic E-state index is 11.2. The highest BCUT2D eigenvalue weighted by molar-refractivity contribution is 5.86. The first kappa shape index (κ1) is 30.9. The molecule has 39 heavy (non-hydrogen) atoms. The number of rotatable bonds is 4. The SMILES string of the molecule is CC(C)(C)c1cc(C=N[C@@H]2CCC[C@H]2N=Cc2cc(C(C)(C)C)cc(C(C)(C)C)c2O)c(O)c(C(C)(C)C)c1. The molecule has 0 spiro atoms. The summed E-state index contributed by atoms with van der Waals surface area (Å²) < 4.78 is 0. The standard InChI is InChI=1S/C35H52N2O2/c1-32(2,3)24-16-22(30(38)26(18-24)34(7,8)9)20-36-28-14-13-15-29(28)37-21-23-17-25(33(4,5)6)19-27(31(23)39)35(10,11)12/h16-21,28-29,38-39H,13-15H2,1-12H3/t28-,29-/m1/s1. The van der Waals surface area contributed by atoms with E-state index in [0.29, 0.717) is 11.5 Å². The molecule has 0 heterocycles. The van der Waals surface area contributed by atoms with E-state index < -0.39 is 0 Å². The quantitative estimate of drug-likeness (QED) is 0.387. The lowest BCUT2D eigenvalue weighted by Gasteiger charge is -2.27. The molecule has 3 rings (SSSR count). The molecular formula is C35H52N2O2. The molecule has 0 aromatic heterocycles. The average molecular weight is 533 g/mol. The molecule has 2 N–H and O–H groups in total. The van der Waals surface area contributed by atoms with Gasteiger partial charge < -0.3 is 10.2 Å². The van der Waals surface area contributed by atoms with Crippen molar-refractivity contribution in [1.82, 2.24) is 0 Å². The van der Waals surface area contributed by atoms with Crippen LogP contribution in [-0.2, 0) is 21.7 Å². The minimum Gasteiger partial charge on any atom is -0.507 e. The molecule has 0 radical (unpaired) electrons. The van der Waals surface area contributed by atoms with Crippen LogP contribution < -0.4 is 0 Å². The van der Waals surface area contributed by atoms with Crippen molar-refractivity contribution >= 4 is 12.4 Å². The normalized spacial score (nSPS) is 19.5. The number of aliphatic imine (C=N–C) groups is 2. The van der Waals surface area contributed by atoms with Crippen LogP contribution in [0.3, 0.4) is 0 Å². The highest BCUT2D eigenvalue weighted by Gasteiger charge is 2.28. The van der Waals surface area contributed by atoms with Crippen molar-refractivity contribution < 1.29 is 10.2 Å². The van der Waals surface area contributed by atoms with E-state index in [4.69, 9.17) is 9.98 Å². The van der Waals surface area contributed by atoms with E-state index >= 15 is 0 Å². The topological polar surface area (TPSA) is 65.2 Å². The number of hydrogen-bond donors (Lipinski definition) is 2. The second-order valence-electron chi connectivity index (χ2n) is 15.5. The Morgan fingerprint density at radius 1 is 0.564 bits per heavy atom. The molecule has 4 heteroatoms. The van der Waals surface area contributed by atoms with Gasteiger partial charge in [0.25, 0.3) is 0 Å². The zero-order valence-corrected chi connectivity index (χ0v) is 26.5. The molecule has 1 aliphatic carbocycles. The molecule has 1 saturated carbocycles. The van der Waals surface area contributed by atoms with Gasteiger partial charge >= 0.3 is 0 Å². The molecule has 1 aliphatic rings. The van der Waals surface area contributed by atoms with Gasteiger partial charge in [0, 0.05) is 34.7 Å². The number of hydrogen-bond acceptors (Lipinski definition) is 4. The lowest BCUT2D eigenvalue weighted by Crippen LogP contribution is -2.19. The van der Waals surface area contributed by atoms with E-state index in [0.717, 1.165) is 41.5 Å². The van der Waals surface area contributed by atoms with Gasteiger partial charge in [0.05, 0.1) is 12.1 Å². The fourth-order valence-corrected chi connectivity index (χ4v) is 5.14. The van der Waals surface area contributed by atoms with Gasteiger partial charge in [-0.3, -0.25) is 9.98 Å². The molecule has 2 aromatic rings. The first-order valence-electron chi connectivity index (χ1n) is 14.5. The molecule has 0 unspecified atom stereocenters. The third-order valence-corrected chi connectivity index (χ3v) is 7.88. The van der Waals surface area contributed by atoms with Gasteiger partial charge in [-0.05, 0) is 64.2 Å². The lowest BCUT2D eigenvalue weighted by molar-refractivity contribution is 0.443. The Bertz CT molecular complexity index is 1140. The molecule has 2 aromatic carbocycles. The summed E-state index contributed by atoms with van der Waals surface area (Å²) in [5.41, 5.74) is 5.39. The summed E-state index contributed by atoms with van der Waals surface area (Å²) in [4.78, 5) is 9.94. The molecular weight excluding hydrogens is 480 g/mol. The zero-order valence-electron chi connectivity index (χ0n) is 26.5.